The predicted molar refractivity (Wildman–Crippen MR) is 63.9 cm³/mol. The van der Waals surface area contributed by atoms with Gasteiger partial charge in [0.05, 0.1) is 25.3 Å². The van der Waals surface area contributed by atoms with E-state index in [0.717, 1.165) is 13.4 Å². The molecular weight excluding hydrogens is 280 g/mol. The van der Waals surface area contributed by atoms with Crippen LogP contribution in [0.4, 0.5) is 0 Å². The van der Waals surface area contributed by atoms with E-state index >= 15 is 0 Å². The summed E-state index contributed by atoms with van der Waals surface area (Å²) in [5.74, 6) is -3.85. The zero-order valence-electron chi connectivity index (χ0n) is 10.5. The number of carbonyl (C=O) groups is 3. The van der Waals surface area contributed by atoms with Gasteiger partial charge in [0.1, 0.15) is 15.9 Å². The minimum atomic E-state index is -3.55. The van der Waals surface area contributed by atoms with Crippen LogP contribution in [0.3, 0.4) is 0 Å². The number of methoxy groups -OCH3 is 1. The molecule has 4 N–H and O–H groups in total. The second kappa shape index (κ2) is 7.04. The smallest absolute Gasteiger partial charge is 0.329 e. The van der Waals surface area contributed by atoms with E-state index in [1.807, 2.05) is 5.32 Å². The third-order valence-electron chi connectivity index (χ3n) is 2.00. The average molecular weight is 296 g/mol. The van der Waals surface area contributed by atoms with Gasteiger partial charge < -0.3 is 20.9 Å². The summed E-state index contributed by atoms with van der Waals surface area (Å²) in [6.07, 6.45) is 0.241. The van der Waals surface area contributed by atoms with Crippen LogP contribution in [0.1, 0.15) is 6.42 Å². The molecule has 0 radical (unpaired) electrons. The highest BCUT2D eigenvalue weighted by Crippen LogP contribution is 1.97. The van der Waals surface area contributed by atoms with Crippen LogP contribution in [0.5, 0.6) is 0 Å². The van der Waals surface area contributed by atoms with Crippen molar-refractivity contribution in [3.63, 3.8) is 0 Å². The van der Waals surface area contributed by atoms with Gasteiger partial charge in [0.2, 0.25) is 5.91 Å². The van der Waals surface area contributed by atoms with Crippen LogP contribution in [-0.2, 0) is 29.0 Å². The zero-order valence-corrected chi connectivity index (χ0v) is 11.3. The average Bonchev–Trinajstić information content (AvgIpc) is 2.24. The van der Waals surface area contributed by atoms with Crippen molar-refractivity contribution in [2.24, 2.45) is 5.73 Å². The molecule has 0 aliphatic rings. The summed E-state index contributed by atoms with van der Waals surface area (Å²) in [5, 5.41) is 10.5. The second-order valence-corrected chi connectivity index (χ2v) is 6.07. The number of esters is 1. The molecule has 0 aromatic heterocycles. The van der Waals surface area contributed by atoms with E-state index in [4.69, 9.17) is 10.8 Å². The first kappa shape index (κ1) is 17.3. The number of nitrogens with two attached hydrogens (primary N) is 1. The Bertz CT molecular complexity index is 459. The minimum absolute atomic E-state index is 0.640. The molecule has 0 aliphatic heterocycles. The first-order valence-corrected chi connectivity index (χ1v) is 7.16. The molecule has 9 nitrogen and oxygen atoms in total. The van der Waals surface area contributed by atoms with Crippen molar-refractivity contribution >= 4 is 27.7 Å². The van der Waals surface area contributed by atoms with Crippen LogP contribution in [0.2, 0.25) is 0 Å². The van der Waals surface area contributed by atoms with E-state index in [1.54, 1.807) is 0 Å². The molecule has 0 spiro atoms. The molecule has 0 fully saturated rings. The van der Waals surface area contributed by atoms with Gasteiger partial charge in [-0.2, -0.15) is 0 Å². The first-order chi connectivity index (χ1) is 8.56. The van der Waals surface area contributed by atoms with E-state index in [0.29, 0.717) is 0 Å². The molecule has 0 aliphatic carbocycles. The summed E-state index contributed by atoms with van der Waals surface area (Å²) in [6.45, 7) is 0. The molecule has 0 unspecified atom stereocenters. The molecule has 0 aromatic carbocycles. The highest BCUT2D eigenvalue weighted by Gasteiger charge is 2.28. The number of hydrogen-bond acceptors (Lipinski definition) is 7. The van der Waals surface area contributed by atoms with E-state index in [2.05, 4.69) is 4.74 Å². The molecule has 10 heteroatoms. The minimum Gasteiger partial charge on any atom is -0.481 e. The number of rotatable bonds is 7. The van der Waals surface area contributed by atoms with Gasteiger partial charge in [0.25, 0.3) is 0 Å². The van der Waals surface area contributed by atoms with E-state index < -0.39 is 51.9 Å². The Hall–Kier alpha value is -1.68. The topological polar surface area (TPSA) is 153 Å². The lowest BCUT2D eigenvalue weighted by molar-refractivity contribution is -0.144. The third-order valence-corrected chi connectivity index (χ3v) is 2.94. The highest BCUT2D eigenvalue weighted by molar-refractivity contribution is 7.90. The lowest BCUT2D eigenvalue weighted by Gasteiger charge is -2.17. The number of aliphatic carboxylic acids is 1. The predicted octanol–water partition coefficient (Wildman–Crippen LogP) is -2.51. The fourth-order valence-electron chi connectivity index (χ4n) is 1.17. The molecule has 0 bridgehead atoms. The van der Waals surface area contributed by atoms with E-state index in [1.165, 1.54) is 0 Å². The maximum atomic E-state index is 11.5. The second-order valence-electron chi connectivity index (χ2n) is 3.88. The van der Waals surface area contributed by atoms with Gasteiger partial charge in [-0.05, 0) is 0 Å². The maximum absolute atomic E-state index is 11.5. The van der Waals surface area contributed by atoms with Gasteiger partial charge in [-0.1, -0.05) is 0 Å². The Balaban J connectivity index is 4.78. The SMILES string of the molecule is COC(=O)[C@H](CS(C)(=O)=O)NC(=O)[C@@H](N)CC(=O)O. The monoisotopic (exact) mass is 296 g/mol. The molecule has 0 aromatic rings. The molecule has 0 heterocycles. The number of carbonyl (C=O) groups excluding carboxylic acids is 2. The largest absolute Gasteiger partial charge is 0.481 e. The molecule has 0 saturated heterocycles. The van der Waals surface area contributed by atoms with Crippen molar-refractivity contribution in [2.45, 2.75) is 18.5 Å². The third kappa shape index (κ3) is 7.36. The van der Waals surface area contributed by atoms with Crippen LogP contribution < -0.4 is 11.1 Å². The van der Waals surface area contributed by atoms with Crippen molar-refractivity contribution in [3.05, 3.63) is 0 Å². The van der Waals surface area contributed by atoms with Crippen molar-refractivity contribution in [3.8, 4) is 0 Å². The van der Waals surface area contributed by atoms with Crippen LogP contribution >= 0.6 is 0 Å². The number of hydrogen-bond donors (Lipinski definition) is 3. The molecule has 110 valence electrons. The lowest BCUT2D eigenvalue weighted by atomic mass is 10.2. The van der Waals surface area contributed by atoms with Gasteiger partial charge in [-0.3, -0.25) is 9.59 Å². The Morgan fingerprint density at radius 2 is 1.89 bits per heavy atom. The van der Waals surface area contributed by atoms with Gasteiger partial charge in [-0.15, -0.1) is 0 Å². The summed E-state index contributed by atoms with van der Waals surface area (Å²) >= 11 is 0. The van der Waals surface area contributed by atoms with Crippen LogP contribution in [0.15, 0.2) is 0 Å². The van der Waals surface area contributed by atoms with Crippen molar-refractivity contribution < 1.29 is 32.6 Å². The lowest BCUT2D eigenvalue weighted by Crippen LogP contribution is -2.51. The van der Waals surface area contributed by atoms with Crippen molar-refractivity contribution in [1.29, 1.82) is 0 Å². The van der Waals surface area contributed by atoms with Gasteiger partial charge in [0.15, 0.2) is 0 Å². The van der Waals surface area contributed by atoms with Crippen LogP contribution in [0.25, 0.3) is 0 Å². The first-order valence-electron chi connectivity index (χ1n) is 5.10. The summed E-state index contributed by atoms with van der Waals surface area (Å²) in [5.41, 5.74) is 5.28. The standard InChI is InChI=1S/C9H16N2O7S/c1-18-9(15)6(4-19(2,16)17)11-8(14)5(10)3-7(12)13/h5-6H,3-4,10H2,1-2H3,(H,11,14)(H,12,13)/t5-,6-/m0/s1. The van der Waals surface area contributed by atoms with Crippen molar-refractivity contribution in [2.75, 3.05) is 19.1 Å². The Kier molecular flexibility index (Phi) is 6.42. The molecule has 0 saturated carbocycles. The Morgan fingerprint density at radius 3 is 2.26 bits per heavy atom. The number of ether oxygens (including phenoxy) is 1. The Labute approximate surface area is 110 Å². The van der Waals surface area contributed by atoms with Crippen molar-refractivity contribution in [1.82, 2.24) is 5.32 Å². The van der Waals surface area contributed by atoms with Crippen LogP contribution in [0, 0.1) is 0 Å². The molecular formula is C9H16N2O7S. The maximum Gasteiger partial charge on any atom is 0.329 e. The number of sulfone groups is 1. The number of carboxylic acid groups (broad SMARTS) is 1. The number of carboxylic acids is 1. The van der Waals surface area contributed by atoms with E-state index in [-0.39, 0.29) is 0 Å². The van der Waals surface area contributed by atoms with Crippen LogP contribution in [-0.4, -0.2) is 62.6 Å². The summed E-state index contributed by atoms with van der Waals surface area (Å²) in [6, 6.07) is -2.81. The summed E-state index contributed by atoms with van der Waals surface area (Å²) in [4.78, 5) is 33.2. The van der Waals surface area contributed by atoms with Gasteiger partial charge in [-0.25, -0.2) is 13.2 Å². The van der Waals surface area contributed by atoms with Gasteiger partial charge >= 0.3 is 11.9 Å². The Morgan fingerprint density at radius 1 is 1.37 bits per heavy atom. The highest BCUT2D eigenvalue weighted by atomic mass is 32.2. The van der Waals surface area contributed by atoms with E-state index in [9.17, 15) is 22.8 Å². The zero-order chi connectivity index (χ0) is 15.2. The summed E-state index contributed by atoms with van der Waals surface area (Å²) in [7, 11) is -2.52. The molecule has 2 atom stereocenters. The molecule has 19 heavy (non-hydrogen) atoms. The quantitative estimate of drug-likeness (QED) is 0.435. The summed E-state index contributed by atoms with van der Waals surface area (Å²) < 4.78 is 26.6. The fourth-order valence-corrected chi connectivity index (χ4v) is 2.00. The normalized spacial score (nSPS) is 14.3. The number of amides is 1. The fraction of sp³-hybridized carbons (Fsp3) is 0.667. The molecule has 1 amide bonds. The van der Waals surface area contributed by atoms with Gasteiger partial charge in [0, 0.05) is 6.26 Å². The molecule has 0 rings (SSSR count). The number of nitrogens with one attached hydrogen (secondary N) is 1.